The van der Waals surface area contributed by atoms with Gasteiger partial charge in [0.25, 0.3) is 0 Å². The van der Waals surface area contributed by atoms with Crippen molar-refractivity contribution >= 4 is 18.2 Å². The Hall–Kier alpha value is -3.27. The average Bonchev–Trinajstić information content (AvgIpc) is 3.02. The summed E-state index contributed by atoms with van der Waals surface area (Å²) in [5.41, 5.74) is 6.50. The number of rotatable bonds is 13. The highest BCUT2D eigenvalue weighted by Gasteiger charge is 2.34. The highest BCUT2D eigenvalue weighted by atomic mass is 35.5. The van der Waals surface area contributed by atoms with Gasteiger partial charge in [-0.15, -0.1) is 12.4 Å². The number of Topliss-reactive ketones (excluding diaryl/α,β-unsaturated/α-hetero) is 1. The molecule has 4 aromatic carbocycles. The predicted molar refractivity (Wildman–Crippen MR) is 174 cm³/mol. The van der Waals surface area contributed by atoms with Gasteiger partial charge in [-0.1, -0.05) is 97.1 Å². The molecule has 220 valence electrons. The van der Waals surface area contributed by atoms with Gasteiger partial charge in [-0.3, -0.25) is 9.69 Å². The minimum Gasteiger partial charge on any atom is -0.300 e. The minimum atomic E-state index is -0.238. The summed E-state index contributed by atoms with van der Waals surface area (Å²) < 4.78 is 13.2. The molecule has 5 rings (SSSR count). The number of hydrogen-bond acceptors (Lipinski definition) is 2. The van der Waals surface area contributed by atoms with Crippen LogP contribution < -0.4 is 0 Å². The molecule has 0 saturated carbocycles. The van der Waals surface area contributed by atoms with E-state index >= 15 is 0 Å². The molecule has 4 aromatic rings. The maximum Gasteiger partial charge on any atom is 0.133 e. The number of halogens is 2. The first-order valence-electron chi connectivity index (χ1n) is 15.2. The summed E-state index contributed by atoms with van der Waals surface area (Å²) >= 11 is 0. The first-order chi connectivity index (χ1) is 20.0. The van der Waals surface area contributed by atoms with E-state index in [0.29, 0.717) is 25.3 Å². The number of ketones is 1. The van der Waals surface area contributed by atoms with Crippen LogP contribution in [-0.4, -0.2) is 23.8 Å². The Morgan fingerprint density at radius 1 is 0.786 bits per heavy atom. The summed E-state index contributed by atoms with van der Waals surface area (Å²) in [6.45, 7) is 4.51. The third kappa shape index (κ3) is 7.76. The van der Waals surface area contributed by atoms with E-state index < -0.39 is 0 Å². The molecule has 0 bridgehead atoms. The molecule has 0 radical (unpaired) electrons. The number of carbonyl (C=O) groups is 1. The van der Waals surface area contributed by atoms with Crippen molar-refractivity contribution in [3.05, 3.63) is 143 Å². The van der Waals surface area contributed by atoms with Crippen molar-refractivity contribution in [3.8, 4) is 0 Å². The summed E-state index contributed by atoms with van der Waals surface area (Å²) in [4.78, 5) is 15.6. The maximum atomic E-state index is 13.2. The summed E-state index contributed by atoms with van der Waals surface area (Å²) in [6.07, 6.45) is 6.76. The Morgan fingerprint density at radius 2 is 1.38 bits per heavy atom. The highest BCUT2D eigenvalue weighted by Crippen LogP contribution is 2.42. The second kappa shape index (κ2) is 15.3. The molecule has 4 heteroatoms. The van der Waals surface area contributed by atoms with Crippen LogP contribution in [0.2, 0.25) is 0 Å². The van der Waals surface area contributed by atoms with E-state index in [2.05, 4.69) is 96.8 Å². The maximum absolute atomic E-state index is 13.2. The van der Waals surface area contributed by atoms with Crippen LogP contribution in [0.15, 0.2) is 109 Å². The molecule has 2 nitrogen and oxygen atoms in total. The van der Waals surface area contributed by atoms with E-state index in [9.17, 15) is 9.18 Å². The fourth-order valence-corrected chi connectivity index (χ4v) is 6.74. The number of hydrogen-bond donors (Lipinski definition) is 0. The van der Waals surface area contributed by atoms with Crippen LogP contribution in [0.25, 0.3) is 0 Å². The van der Waals surface area contributed by atoms with Crippen LogP contribution in [-0.2, 0) is 23.1 Å². The van der Waals surface area contributed by atoms with Gasteiger partial charge in [0.1, 0.15) is 11.6 Å². The zero-order chi connectivity index (χ0) is 28.5. The van der Waals surface area contributed by atoms with Crippen molar-refractivity contribution in [2.45, 2.75) is 69.7 Å². The number of nitrogens with zero attached hydrogens (tertiary/aromatic N) is 1. The summed E-state index contributed by atoms with van der Waals surface area (Å²) in [6, 6.07) is 37.6. The summed E-state index contributed by atoms with van der Waals surface area (Å²) in [5.74, 6) is 0.0444. The smallest absolute Gasteiger partial charge is 0.133 e. The van der Waals surface area contributed by atoms with Crippen molar-refractivity contribution in [1.29, 1.82) is 0 Å². The van der Waals surface area contributed by atoms with Crippen molar-refractivity contribution < 1.29 is 9.18 Å². The van der Waals surface area contributed by atoms with Crippen LogP contribution in [0.1, 0.15) is 79.3 Å². The van der Waals surface area contributed by atoms with Crippen LogP contribution in [0.3, 0.4) is 0 Å². The monoisotopic (exact) mass is 583 g/mol. The molecule has 1 heterocycles. The lowest BCUT2D eigenvalue weighted by Gasteiger charge is -2.38. The molecule has 0 saturated heterocycles. The zero-order valence-corrected chi connectivity index (χ0v) is 25.5. The topological polar surface area (TPSA) is 20.3 Å². The van der Waals surface area contributed by atoms with Gasteiger partial charge in [0.05, 0.1) is 0 Å². The molecular weight excluding hydrogens is 541 g/mol. The van der Waals surface area contributed by atoms with Crippen LogP contribution >= 0.6 is 12.4 Å². The van der Waals surface area contributed by atoms with Gasteiger partial charge in [-0.05, 0) is 91.9 Å². The van der Waals surface area contributed by atoms with Gasteiger partial charge in [-0.2, -0.15) is 0 Å². The molecule has 1 aliphatic rings. The van der Waals surface area contributed by atoms with E-state index in [4.69, 9.17) is 0 Å². The van der Waals surface area contributed by atoms with Crippen LogP contribution in [0, 0.1) is 5.82 Å². The molecule has 0 aromatic heterocycles. The second-order valence-corrected chi connectivity index (χ2v) is 11.6. The minimum absolute atomic E-state index is 0. The molecule has 1 atom stereocenters. The van der Waals surface area contributed by atoms with Crippen molar-refractivity contribution in [1.82, 2.24) is 4.90 Å². The fraction of sp³-hybridized carbons (Fsp3) is 0.342. The second-order valence-electron chi connectivity index (χ2n) is 11.6. The Kier molecular flexibility index (Phi) is 11.5. The van der Waals surface area contributed by atoms with Gasteiger partial charge in [-0.25, -0.2) is 4.39 Å². The third-order valence-electron chi connectivity index (χ3n) is 9.09. The highest BCUT2D eigenvalue weighted by molar-refractivity contribution is 5.85. The molecule has 42 heavy (non-hydrogen) atoms. The van der Waals surface area contributed by atoms with E-state index in [1.807, 2.05) is 0 Å². The van der Waals surface area contributed by atoms with E-state index in [-0.39, 0.29) is 29.4 Å². The molecule has 0 spiro atoms. The number of benzene rings is 4. The van der Waals surface area contributed by atoms with Gasteiger partial charge in [0, 0.05) is 30.8 Å². The zero-order valence-electron chi connectivity index (χ0n) is 24.7. The van der Waals surface area contributed by atoms with E-state index in [0.717, 1.165) is 50.8 Å². The lowest BCUT2D eigenvalue weighted by molar-refractivity contribution is -0.119. The SMILES string of the molecule is CC1c2ccccc2CCN1CCCC(CCCC(=O)CCc1ccc(F)cc1)(c1ccccc1)c1ccccc1.Cl. The third-order valence-corrected chi connectivity index (χ3v) is 9.09. The van der Waals surface area contributed by atoms with Gasteiger partial charge >= 0.3 is 0 Å². The largest absolute Gasteiger partial charge is 0.300 e. The average molecular weight is 584 g/mol. The molecule has 1 unspecified atom stereocenters. The van der Waals surface area contributed by atoms with Crippen molar-refractivity contribution in [2.75, 3.05) is 13.1 Å². The molecule has 0 fully saturated rings. The number of aryl methyl sites for hydroxylation is 1. The van der Waals surface area contributed by atoms with Gasteiger partial charge in [0.2, 0.25) is 0 Å². The van der Waals surface area contributed by atoms with Crippen LogP contribution in [0.4, 0.5) is 4.39 Å². The number of carbonyl (C=O) groups excluding carboxylic acids is 1. The molecule has 0 aliphatic carbocycles. The quantitative estimate of drug-likeness (QED) is 0.156. The van der Waals surface area contributed by atoms with E-state index in [1.54, 1.807) is 12.1 Å². The lowest BCUT2D eigenvalue weighted by atomic mass is 9.68. The summed E-state index contributed by atoms with van der Waals surface area (Å²) in [5, 5.41) is 0. The normalized spacial score (nSPS) is 15.0. The molecule has 0 N–H and O–H groups in total. The Morgan fingerprint density at radius 3 is 2.05 bits per heavy atom. The van der Waals surface area contributed by atoms with Crippen LogP contribution in [0.5, 0.6) is 0 Å². The Balaban J connectivity index is 0.00000405. The molecular formula is C38H43ClFNO. The standard InChI is InChI=1S/C38H42FNO.ClH/c1-30-37-18-9-8-12-32(37)25-29-40(30)28-11-27-38(33-13-4-2-5-14-33,34-15-6-3-7-16-34)26-10-17-36(41)24-21-31-19-22-35(39)23-20-31;/h2-9,12-16,18-20,22-23,30H,10-11,17,21,24-29H2,1H3;1H. The molecule has 0 amide bonds. The van der Waals surface area contributed by atoms with Crippen molar-refractivity contribution in [3.63, 3.8) is 0 Å². The Labute approximate surface area is 257 Å². The first-order valence-corrected chi connectivity index (χ1v) is 15.2. The lowest BCUT2D eigenvalue weighted by Crippen LogP contribution is -2.36. The fourth-order valence-electron chi connectivity index (χ4n) is 6.74. The van der Waals surface area contributed by atoms with Gasteiger partial charge in [0.15, 0.2) is 0 Å². The van der Waals surface area contributed by atoms with Crippen molar-refractivity contribution in [2.24, 2.45) is 0 Å². The summed E-state index contributed by atoms with van der Waals surface area (Å²) in [7, 11) is 0. The molecule has 1 aliphatic heterocycles. The number of fused-ring (bicyclic) bond motifs is 1. The van der Waals surface area contributed by atoms with E-state index in [1.165, 1.54) is 34.4 Å². The first kappa shape index (κ1) is 31.7. The van der Waals surface area contributed by atoms with Gasteiger partial charge < -0.3 is 0 Å². The predicted octanol–water partition coefficient (Wildman–Crippen LogP) is 9.31. The Bertz CT molecular complexity index is 1350.